The van der Waals surface area contributed by atoms with E-state index in [9.17, 15) is 19.5 Å². The Labute approximate surface area is 339 Å². The molecule has 2 amide bonds. The van der Waals surface area contributed by atoms with Gasteiger partial charge in [-0.1, -0.05) is 73.9 Å². The van der Waals surface area contributed by atoms with Crippen LogP contribution in [0, 0.1) is 19.8 Å². The number of aliphatic carboxylic acids is 1. The number of nitrogens with zero attached hydrogens (tertiary/aromatic N) is 2. The van der Waals surface area contributed by atoms with Crippen molar-refractivity contribution in [1.29, 1.82) is 0 Å². The first kappa shape index (κ1) is 38.7. The van der Waals surface area contributed by atoms with Gasteiger partial charge in [0.05, 0.1) is 6.61 Å². The van der Waals surface area contributed by atoms with Gasteiger partial charge in [-0.2, -0.15) is 0 Å². The molecule has 1 saturated carbocycles. The summed E-state index contributed by atoms with van der Waals surface area (Å²) in [6, 6.07) is 28.0. The number of aryl methyl sites for hydroxylation is 1. The monoisotopic (exact) mass is 779 g/mol. The Morgan fingerprint density at radius 2 is 1.64 bits per heavy atom. The lowest BCUT2D eigenvalue weighted by Crippen LogP contribution is -2.56. The number of pyridine rings is 1. The molecule has 58 heavy (non-hydrogen) atoms. The SMILES string of the molecule is Cc1nccc(-c2ccc(C[C@H](NC(=O)[C@@H]3Cc4cc5c(cc4CN3C(=O)c3ccccc3)OC(c3ccc(OCC4CCCCC4)cc3)CO5)C(=O)O)cc2)c1C. The predicted molar refractivity (Wildman–Crippen MR) is 220 cm³/mol. The van der Waals surface area contributed by atoms with Crippen molar-refractivity contribution in [2.45, 2.75) is 83.5 Å². The highest BCUT2D eigenvalue weighted by atomic mass is 16.6. The van der Waals surface area contributed by atoms with E-state index in [1.165, 1.54) is 37.0 Å². The van der Waals surface area contributed by atoms with Crippen LogP contribution in [-0.2, 0) is 29.0 Å². The van der Waals surface area contributed by atoms with E-state index >= 15 is 0 Å². The van der Waals surface area contributed by atoms with Gasteiger partial charge < -0.3 is 29.5 Å². The quantitative estimate of drug-likeness (QED) is 0.137. The van der Waals surface area contributed by atoms with Gasteiger partial charge in [0, 0.05) is 36.8 Å². The lowest BCUT2D eigenvalue weighted by atomic mass is 9.90. The van der Waals surface area contributed by atoms with Gasteiger partial charge in [-0.25, -0.2) is 4.79 Å². The Kier molecular flexibility index (Phi) is 11.4. The number of rotatable bonds is 11. The number of carboxylic acid groups (broad SMARTS) is 1. The molecule has 0 radical (unpaired) electrons. The summed E-state index contributed by atoms with van der Waals surface area (Å²) in [4.78, 5) is 46.7. The van der Waals surface area contributed by atoms with E-state index in [2.05, 4.69) is 10.3 Å². The van der Waals surface area contributed by atoms with Gasteiger partial charge in [-0.05, 0) is 114 Å². The molecule has 0 spiro atoms. The summed E-state index contributed by atoms with van der Waals surface area (Å²) < 4.78 is 18.9. The fraction of sp³-hybridized carbons (Fsp3) is 0.333. The van der Waals surface area contributed by atoms with Crippen molar-refractivity contribution in [2.24, 2.45) is 5.92 Å². The smallest absolute Gasteiger partial charge is 0.326 e. The number of aromatic nitrogens is 1. The third-order valence-electron chi connectivity index (χ3n) is 11.9. The van der Waals surface area contributed by atoms with Crippen LogP contribution in [0.25, 0.3) is 11.1 Å². The highest BCUT2D eigenvalue weighted by Crippen LogP contribution is 2.41. The van der Waals surface area contributed by atoms with Crippen LogP contribution in [0.3, 0.4) is 0 Å². The van der Waals surface area contributed by atoms with E-state index in [1.807, 2.05) is 86.6 Å². The summed E-state index contributed by atoms with van der Waals surface area (Å²) in [5.74, 6) is 0.570. The lowest BCUT2D eigenvalue weighted by Gasteiger charge is -2.37. The Morgan fingerprint density at radius 1 is 0.897 bits per heavy atom. The Hall–Kier alpha value is -6.16. The summed E-state index contributed by atoms with van der Waals surface area (Å²) >= 11 is 0. The number of hydrogen-bond donors (Lipinski definition) is 2. The van der Waals surface area contributed by atoms with Gasteiger partial charge in [-0.3, -0.25) is 14.6 Å². The molecule has 1 aliphatic carbocycles. The number of carbonyl (C=O) groups excluding carboxylic acids is 2. The number of nitrogens with one attached hydrogen (secondary N) is 1. The molecule has 3 atom stereocenters. The first-order valence-corrected chi connectivity index (χ1v) is 20.3. The molecule has 3 heterocycles. The average Bonchev–Trinajstić information content (AvgIpc) is 3.26. The summed E-state index contributed by atoms with van der Waals surface area (Å²) in [5.41, 5.74) is 7.90. The highest BCUT2D eigenvalue weighted by Gasteiger charge is 2.38. The van der Waals surface area contributed by atoms with E-state index in [1.54, 1.807) is 30.5 Å². The second-order valence-electron chi connectivity index (χ2n) is 15.8. The molecule has 1 unspecified atom stereocenters. The van der Waals surface area contributed by atoms with E-state index in [0.29, 0.717) is 29.6 Å². The Balaban J connectivity index is 0.981. The maximum Gasteiger partial charge on any atom is 0.326 e. The standard InChI is InChI=1S/C48H49N3O7/c1-30-31(2)49-22-21-40(30)34-15-13-32(14-16-34)23-41(48(54)55)50-46(52)42-24-37-25-43-44(26-38(37)27-51(42)47(53)36-11-7-4-8-12-36)58-45(29-57-43)35-17-19-39(20-18-35)56-28-33-9-5-3-6-10-33/h4,7-8,11-22,25-26,33,41-42,45H,3,5-6,9-10,23-24,27-29H2,1-2H3,(H,50,52)(H,54,55)/t41-,42-,45?/m0/s1. The summed E-state index contributed by atoms with van der Waals surface area (Å²) in [6.45, 7) is 5.17. The zero-order valence-electron chi connectivity index (χ0n) is 33.0. The van der Waals surface area contributed by atoms with Crippen LogP contribution in [0.15, 0.2) is 103 Å². The van der Waals surface area contributed by atoms with Gasteiger partial charge >= 0.3 is 5.97 Å². The summed E-state index contributed by atoms with van der Waals surface area (Å²) in [6.07, 6.45) is 8.04. The van der Waals surface area contributed by atoms with E-state index in [0.717, 1.165) is 57.0 Å². The molecule has 1 fully saturated rings. The number of benzene rings is 4. The maximum absolute atomic E-state index is 14.2. The molecule has 298 valence electrons. The van der Waals surface area contributed by atoms with Crippen LogP contribution in [0.5, 0.6) is 17.2 Å². The minimum atomic E-state index is -1.21. The zero-order chi connectivity index (χ0) is 40.2. The fourth-order valence-electron chi connectivity index (χ4n) is 8.33. The topological polar surface area (TPSA) is 127 Å². The van der Waals surface area contributed by atoms with Crippen LogP contribution < -0.4 is 19.5 Å². The number of amides is 2. The molecule has 2 N–H and O–H groups in total. The van der Waals surface area contributed by atoms with Gasteiger partial charge in [0.15, 0.2) is 17.6 Å². The predicted octanol–water partition coefficient (Wildman–Crippen LogP) is 8.22. The molecule has 1 aromatic heterocycles. The molecule has 10 nitrogen and oxygen atoms in total. The second-order valence-corrected chi connectivity index (χ2v) is 15.8. The van der Waals surface area contributed by atoms with Crippen LogP contribution in [-0.4, -0.2) is 58.1 Å². The van der Waals surface area contributed by atoms with Crippen molar-refractivity contribution in [3.05, 3.63) is 142 Å². The highest BCUT2D eigenvalue weighted by molar-refractivity contribution is 5.98. The molecule has 10 heteroatoms. The minimum absolute atomic E-state index is 0.0711. The van der Waals surface area contributed by atoms with Gasteiger partial charge in [-0.15, -0.1) is 0 Å². The second kappa shape index (κ2) is 17.1. The average molecular weight is 780 g/mol. The molecule has 4 aromatic carbocycles. The number of fused-ring (bicyclic) bond motifs is 2. The zero-order valence-corrected chi connectivity index (χ0v) is 33.0. The van der Waals surface area contributed by atoms with Crippen molar-refractivity contribution in [2.75, 3.05) is 13.2 Å². The Bertz CT molecular complexity index is 2270. The minimum Gasteiger partial charge on any atom is -0.493 e. The third kappa shape index (κ3) is 8.56. The summed E-state index contributed by atoms with van der Waals surface area (Å²) in [7, 11) is 0. The molecular weight excluding hydrogens is 731 g/mol. The van der Waals surface area contributed by atoms with Gasteiger partial charge in [0.25, 0.3) is 5.91 Å². The van der Waals surface area contributed by atoms with E-state index < -0.39 is 24.0 Å². The van der Waals surface area contributed by atoms with E-state index in [-0.39, 0.29) is 31.4 Å². The number of hydrogen-bond acceptors (Lipinski definition) is 7. The molecule has 8 rings (SSSR count). The summed E-state index contributed by atoms with van der Waals surface area (Å²) in [5, 5.41) is 13.1. The number of carbonyl (C=O) groups is 3. The van der Waals surface area contributed by atoms with Crippen molar-refractivity contribution in [1.82, 2.24) is 15.2 Å². The van der Waals surface area contributed by atoms with Crippen LogP contribution in [0.2, 0.25) is 0 Å². The van der Waals surface area contributed by atoms with Crippen molar-refractivity contribution in [3.63, 3.8) is 0 Å². The van der Waals surface area contributed by atoms with E-state index in [4.69, 9.17) is 14.2 Å². The molecular formula is C48H49N3O7. The van der Waals surface area contributed by atoms with Crippen LogP contribution in [0.1, 0.15) is 82.1 Å². The molecule has 0 bridgehead atoms. The Morgan fingerprint density at radius 3 is 2.38 bits per heavy atom. The largest absolute Gasteiger partial charge is 0.493 e. The lowest BCUT2D eigenvalue weighted by molar-refractivity contribution is -0.142. The molecule has 0 saturated heterocycles. The first-order valence-electron chi connectivity index (χ1n) is 20.3. The number of ether oxygens (including phenoxy) is 3. The van der Waals surface area contributed by atoms with Crippen LogP contribution in [0.4, 0.5) is 0 Å². The molecule has 5 aromatic rings. The van der Waals surface area contributed by atoms with Crippen molar-refractivity contribution in [3.8, 4) is 28.4 Å². The molecule has 3 aliphatic rings. The van der Waals surface area contributed by atoms with Gasteiger partial charge in [0.1, 0.15) is 24.4 Å². The normalized spacial score (nSPS) is 18.1. The van der Waals surface area contributed by atoms with Crippen molar-refractivity contribution >= 4 is 17.8 Å². The van der Waals surface area contributed by atoms with Crippen molar-refractivity contribution < 1.29 is 33.7 Å². The number of carboxylic acids is 1. The first-order chi connectivity index (χ1) is 28.2. The third-order valence-corrected chi connectivity index (χ3v) is 11.9. The fourth-order valence-corrected chi connectivity index (χ4v) is 8.33. The van der Waals surface area contributed by atoms with Crippen LogP contribution >= 0.6 is 0 Å². The van der Waals surface area contributed by atoms with Gasteiger partial charge in [0.2, 0.25) is 5.91 Å². The molecule has 2 aliphatic heterocycles. The maximum atomic E-state index is 14.2.